The Kier molecular flexibility index (Phi) is 5.77. The first-order valence-electron chi connectivity index (χ1n) is 7.44. The van der Waals surface area contributed by atoms with Crippen molar-refractivity contribution in [2.45, 2.75) is 25.9 Å². The summed E-state index contributed by atoms with van der Waals surface area (Å²) in [4.78, 5) is 24.6. The van der Waals surface area contributed by atoms with Gasteiger partial charge in [-0.3, -0.25) is 4.79 Å². The minimum atomic E-state index is -1.02. The second kappa shape index (κ2) is 7.79. The summed E-state index contributed by atoms with van der Waals surface area (Å²) in [5.41, 5.74) is 1.06. The Hall–Kier alpha value is -2.08. The largest absolute Gasteiger partial charge is 0.494 e. The molecule has 1 aromatic rings. The molecular formula is C16H21NO5. The third kappa shape index (κ3) is 4.46. The second-order valence-electron chi connectivity index (χ2n) is 5.11. The lowest BCUT2D eigenvalue weighted by atomic mass is 10.1. The van der Waals surface area contributed by atoms with E-state index in [0.717, 1.165) is 11.3 Å². The normalized spacial score (nSPS) is 18.0. The van der Waals surface area contributed by atoms with E-state index in [-0.39, 0.29) is 19.1 Å². The van der Waals surface area contributed by atoms with E-state index in [1.54, 1.807) is 4.90 Å². The van der Waals surface area contributed by atoms with Gasteiger partial charge < -0.3 is 19.5 Å². The summed E-state index contributed by atoms with van der Waals surface area (Å²) in [6.45, 7) is 3.40. The van der Waals surface area contributed by atoms with Gasteiger partial charge in [0.1, 0.15) is 5.75 Å². The molecule has 0 saturated carbocycles. The van der Waals surface area contributed by atoms with Gasteiger partial charge in [0.25, 0.3) is 0 Å². The molecule has 0 radical (unpaired) electrons. The molecule has 1 fully saturated rings. The molecular weight excluding hydrogens is 286 g/mol. The molecule has 6 nitrogen and oxygen atoms in total. The zero-order chi connectivity index (χ0) is 15.9. The Morgan fingerprint density at radius 1 is 1.36 bits per heavy atom. The van der Waals surface area contributed by atoms with Gasteiger partial charge in [0.15, 0.2) is 6.10 Å². The molecule has 0 spiro atoms. The Balaban J connectivity index is 1.83. The number of morpholine rings is 1. The molecule has 1 N–H and O–H groups in total. The standard InChI is InChI=1S/C16H21NO5/c1-2-21-13-6-3-12(4-7-13)5-8-15(18)17-9-10-22-14(11-17)16(19)20/h3-4,6-7,14H,2,5,8-11H2,1H3,(H,19,20)/t14-/m0/s1. The van der Waals surface area contributed by atoms with Crippen LogP contribution in [-0.4, -0.2) is 54.3 Å². The zero-order valence-electron chi connectivity index (χ0n) is 12.7. The Labute approximate surface area is 129 Å². The molecule has 1 aliphatic heterocycles. The number of ether oxygens (including phenoxy) is 2. The van der Waals surface area contributed by atoms with E-state index < -0.39 is 12.1 Å². The highest BCUT2D eigenvalue weighted by atomic mass is 16.5. The van der Waals surface area contributed by atoms with Gasteiger partial charge in [-0.1, -0.05) is 12.1 Å². The van der Waals surface area contributed by atoms with Gasteiger partial charge in [-0.05, 0) is 31.0 Å². The first-order valence-corrected chi connectivity index (χ1v) is 7.44. The number of amides is 1. The summed E-state index contributed by atoms with van der Waals surface area (Å²) in [5.74, 6) is -0.248. The van der Waals surface area contributed by atoms with Crippen molar-refractivity contribution in [2.75, 3.05) is 26.3 Å². The molecule has 0 unspecified atom stereocenters. The SMILES string of the molecule is CCOc1ccc(CCC(=O)N2CCO[C@H](C(=O)O)C2)cc1. The predicted molar refractivity (Wildman–Crippen MR) is 79.9 cm³/mol. The molecule has 0 aliphatic carbocycles. The number of rotatable bonds is 6. The molecule has 1 aromatic carbocycles. The first kappa shape index (κ1) is 16.3. The van der Waals surface area contributed by atoms with Crippen molar-refractivity contribution in [1.82, 2.24) is 4.90 Å². The summed E-state index contributed by atoms with van der Waals surface area (Å²) in [5, 5.41) is 8.94. The smallest absolute Gasteiger partial charge is 0.334 e. The fourth-order valence-corrected chi connectivity index (χ4v) is 2.35. The summed E-state index contributed by atoms with van der Waals surface area (Å²) < 4.78 is 10.5. The number of hydrogen-bond acceptors (Lipinski definition) is 4. The molecule has 0 aromatic heterocycles. The van der Waals surface area contributed by atoms with E-state index in [2.05, 4.69) is 0 Å². The van der Waals surface area contributed by atoms with Crippen LogP contribution in [0.1, 0.15) is 18.9 Å². The van der Waals surface area contributed by atoms with Gasteiger partial charge in [-0.25, -0.2) is 4.79 Å². The van der Waals surface area contributed by atoms with Crippen LogP contribution >= 0.6 is 0 Å². The number of aliphatic carboxylic acids is 1. The molecule has 1 atom stereocenters. The van der Waals surface area contributed by atoms with Crippen LogP contribution < -0.4 is 4.74 Å². The van der Waals surface area contributed by atoms with E-state index in [4.69, 9.17) is 14.6 Å². The molecule has 22 heavy (non-hydrogen) atoms. The monoisotopic (exact) mass is 307 g/mol. The molecule has 1 saturated heterocycles. The van der Waals surface area contributed by atoms with Crippen LogP contribution in [0, 0.1) is 0 Å². The second-order valence-corrected chi connectivity index (χ2v) is 5.11. The van der Waals surface area contributed by atoms with E-state index in [1.807, 2.05) is 31.2 Å². The van der Waals surface area contributed by atoms with Gasteiger partial charge in [0.2, 0.25) is 5.91 Å². The minimum absolute atomic E-state index is 0.0385. The maximum Gasteiger partial charge on any atom is 0.334 e. The van der Waals surface area contributed by atoms with Crippen LogP contribution in [0.5, 0.6) is 5.75 Å². The summed E-state index contributed by atoms with van der Waals surface area (Å²) in [6, 6.07) is 7.66. The predicted octanol–water partition coefficient (Wildman–Crippen LogP) is 1.33. The van der Waals surface area contributed by atoms with Crippen LogP contribution in [0.25, 0.3) is 0 Å². The van der Waals surface area contributed by atoms with Crippen molar-refractivity contribution in [3.8, 4) is 5.75 Å². The lowest BCUT2D eigenvalue weighted by Gasteiger charge is -2.31. The van der Waals surface area contributed by atoms with Crippen LogP contribution in [0.2, 0.25) is 0 Å². The Morgan fingerprint density at radius 3 is 2.73 bits per heavy atom. The quantitative estimate of drug-likeness (QED) is 0.858. The first-order chi connectivity index (χ1) is 10.6. The number of nitrogens with zero attached hydrogens (tertiary/aromatic N) is 1. The summed E-state index contributed by atoms with van der Waals surface area (Å²) in [7, 11) is 0. The van der Waals surface area contributed by atoms with E-state index in [9.17, 15) is 9.59 Å². The average Bonchev–Trinajstić information content (AvgIpc) is 2.54. The Bertz CT molecular complexity index is 514. The lowest BCUT2D eigenvalue weighted by Crippen LogP contribution is -2.48. The van der Waals surface area contributed by atoms with Crippen LogP contribution in [0.15, 0.2) is 24.3 Å². The van der Waals surface area contributed by atoms with Crippen molar-refractivity contribution in [2.24, 2.45) is 0 Å². The number of carboxylic acid groups (broad SMARTS) is 1. The number of aryl methyl sites for hydroxylation is 1. The van der Waals surface area contributed by atoms with Crippen molar-refractivity contribution in [3.05, 3.63) is 29.8 Å². The summed E-state index contributed by atoms with van der Waals surface area (Å²) in [6.07, 6.45) is 0.0730. The highest BCUT2D eigenvalue weighted by Crippen LogP contribution is 2.14. The number of benzene rings is 1. The number of carbonyl (C=O) groups excluding carboxylic acids is 1. The highest BCUT2D eigenvalue weighted by molar-refractivity contribution is 5.78. The molecule has 1 heterocycles. The fourth-order valence-electron chi connectivity index (χ4n) is 2.35. The minimum Gasteiger partial charge on any atom is -0.494 e. The topological polar surface area (TPSA) is 76.1 Å². The molecule has 0 bridgehead atoms. The number of carbonyl (C=O) groups is 2. The van der Waals surface area contributed by atoms with Gasteiger partial charge in [0.05, 0.1) is 19.8 Å². The van der Waals surface area contributed by atoms with Gasteiger partial charge in [-0.2, -0.15) is 0 Å². The maximum atomic E-state index is 12.2. The third-order valence-electron chi connectivity index (χ3n) is 3.56. The summed E-state index contributed by atoms with van der Waals surface area (Å²) >= 11 is 0. The van der Waals surface area contributed by atoms with Crippen molar-refractivity contribution >= 4 is 11.9 Å². The van der Waals surface area contributed by atoms with Crippen molar-refractivity contribution in [1.29, 1.82) is 0 Å². The molecule has 2 rings (SSSR count). The molecule has 1 amide bonds. The average molecular weight is 307 g/mol. The van der Waals surface area contributed by atoms with Crippen molar-refractivity contribution < 1.29 is 24.2 Å². The third-order valence-corrected chi connectivity index (χ3v) is 3.56. The number of hydrogen-bond donors (Lipinski definition) is 1. The number of carboxylic acids is 1. The van der Waals surface area contributed by atoms with E-state index in [0.29, 0.717) is 26.0 Å². The molecule has 120 valence electrons. The van der Waals surface area contributed by atoms with Crippen LogP contribution in [-0.2, 0) is 20.7 Å². The highest BCUT2D eigenvalue weighted by Gasteiger charge is 2.28. The Morgan fingerprint density at radius 2 is 2.09 bits per heavy atom. The van der Waals surface area contributed by atoms with Crippen LogP contribution in [0.3, 0.4) is 0 Å². The van der Waals surface area contributed by atoms with Gasteiger partial charge >= 0.3 is 5.97 Å². The van der Waals surface area contributed by atoms with Gasteiger partial charge in [0, 0.05) is 13.0 Å². The fraction of sp³-hybridized carbons (Fsp3) is 0.500. The molecule has 1 aliphatic rings. The maximum absolute atomic E-state index is 12.2. The van der Waals surface area contributed by atoms with Crippen LogP contribution in [0.4, 0.5) is 0 Å². The molecule has 6 heteroatoms. The van der Waals surface area contributed by atoms with Crippen molar-refractivity contribution in [3.63, 3.8) is 0 Å². The zero-order valence-corrected chi connectivity index (χ0v) is 12.7. The van der Waals surface area contributed by atoms with Gasteiger partial charge in [-0.15, -0.1) is 0 Å². The lowest BCUT2D eigenvalue weighted by molar-refractivity contribution is -0.159. The van der Waals surface area contributed by atoms with E-state index in [1.165, 1.54) is 0 Å². The van der Waals surface area contributed by atoms with E-state index >= 15 is 0 Å².